The number of hydrogen-bond donors (Lipinski definition) is 2. The van der Waals surface area contributed by atoms with Gasteiger partial charge in [-0.1, -0.05) is 25.1 Å². The third-order valence-corrected chi connectivity index (χ3v) is 3.59. The Morgan fingerprint density at radius 2 is 1.74 bits per heavy atom. The minimum atomic E-state index is -0.502. The first-order chi connectivity index (χ1) is 13.0. The van der Waals surface area contributed by atoms with Crippen LogP contribution in [0.2, 0.25) is 0 Å². The number of carbonyl (C=O) groups is 2. The second kappa shape index (κ2) is 10.1. The molecule has 0 saturated heterocycles. The summed E-state index contributed by atoms with van der Waals surface area (Å²) in [6.07, 6.45) is 0.826. The highest BCUT2D eigenvalue weighted by molar-refractivity contribution is 5.97. The molecule has 2 amide bonds. The molecule has 0 aliphatic rings. The molecular formula is C20H24N2O5. The Morgan fingerprint density at radius 1 is 0.963 bits per heavy atom. The fourth-order valence-electron chi connectivity index (χ4n) is 2.26. The highest BCUT2D eigenvalue weighted by Gasteiger charge is 2.13. The molecule has 2 aromatic carbocycles. The molecule has 0 heterocycles. The van der Waals surface area contributed by atoms with E-state index in [2.05, 4.69) is 10.9 Å². The number of hydrogen-bond acceptors (Lipinski definition) is 5. The molecule has 7 nitrogen and oxygen atoms in total. The summed E-state index contributed by atoms with van der Waals surface area (Å²) in [6.45, 7) is 4.14. The molecule has 0 aliphatic carbocycles. The van der Waals surface area contributed by atoms with Crippen LogP contribution in [0.1, 0.15) is 29.3 Å². The molecule has 2 N–H and O–H groups in total. The van der Waals surface area contributed by atoms with Crippen molar-refractivity contribution in [1.82, 2.24) is 10.9 Å². The predicted octanol–water partition coefficient (Wildman–Crippen LogP) is 2.63. The van der Waals surface area contributed by atoms with E-state index in [1.807, 2.05) is 26.0 Å². The molecule has 144 valence electrons. The van der Waals surface area contributed by atoms with Crippen molar-refractivity contribution in [1.29, 1.82) is 0 Å². The maximum atomic E-state index is 12.3. The Bertz CT molecular complexity index is 792. The largest absolute Gasteiger partial charge is 0.493 e. The SMILES string of the molecule is CCCOc1ccccc1C(=O)NNC(=O)COc1ccc(C)cc1OC. The quantitative estimate of drug-likeness (QED) is 0.696. The summed E-state index contributed by atoms with van der Waals surface area (Å²) in [4.78, 5) is 24.2. The van der Waals surface area contributed by atoms with E-state index in [1.165, 1.54) is 7.11 Å². The molecule has 27 heavy (non-hydrogen) atoms. The Morgan fingerprint density at radius 3 is 2.48 bits per heavy atom. The average Bonchev–Trinajstić information content (AvgIpc) is 2.69. The first-order valence-corrected chi connectivity index (χ1v) is 8.63. The third kappa shape index (κ3) is 5.91. The zero-order valence-electron chi connectivity index (χ0n) is 15.7. The van der Waals surface area contributed by atoms with E-state index in [0.717, 1.165) is 12.0 Å². The van der Waals surface area contributed by atoms with Crippen LogP contribution in [0.25, 0.3) is 0 Å². The second-order valence-corrected chi connectivity index (χ2v) is 5.79. The first-order valence-electron chi connectivity index (χ1n) is 8.63. The van der Waals surface area contributed by atoms with E-state index in [1.54, 1.807) is 30.3 Å². The van der Waals surface area contributed by atoms with Gasteiger partial charge in [-0.25, -0.2) is 0 Å². The van der Waals surface area contributed by atoms with Gasteiger partial charge >= 0.3 is 0 Å². The molecule has 0 atom stereocenters. The van der Waals surface area contributed by atoms with Crippen LogP contribution in [0.15, 0.2) is 42.5 Å². The first kappa shape index (κ1) is 20.1. The predicted molar refractivity (Wildman–Crippen MR) is 101 cm³/mol. The molecule has 0 radical (unpaired) electrons. The number of para-hydroxylation sites is 1. The average molecular weight is 372 g/mol. The Labute approximate surface area is 158 Å². The molecule has 0 aromatic heterocycles. The standard InChI is InChI=1S/C20H24N2O5/c1-4-11-26-16-8-6-5-7-15(16)20(24)22-21-19(23)13-27-17-10-9-14(2)12-18(17)25-3/h5-10,12H,4,11,13H2,1-3H3,(H,21,23)(H,22,24). The zero-order chi connectivity index (χ0) is 19.6. The van der Waals surface area contributed by atoms with Gasteiger partial charge < -0.3 is 14.2 Å². The highest BCUT2D eigenvalue weighted by atomic mass is 16.5. The van der Waals surface area contributed by atoms with Crippen molar-refractivity contribution in [3.63, 3.8) is 0 Å². The van der Waals surface area contributed by atoms with E-state index in [-0.39, 0.29) is 6.61 Å². The lowest BCUT2D eigenvalue weighted by atomic mass is 10.2. The summed E-state index contributed by atoms with van der Waals surface area (Å²) in [5.74, 6) is 0.476. The fraction of sp³-hybridized carbons (Fsp3) is 0.300. The number of benzene rings is 2. The Kier molecular flexibility index (Phi) is 7.49. The van der Waals surface area contributed by atoms with Crippen LogP contribution in [-0.4, -0.2) is 32.1 Å². The summed E-state index contributed by atoms with van der Waals surface area (Å²) in [6, 6.07) is 12.2. The van der Waals surface area contributed by atoms with Crippen LogP contribution in [0.3, 0.4) is 0 Å². The molecule has 0 bridgehead atoms. The topological polar surface area (TPSA) is 85.9 Å². The van der Waals surface area contributed by atoms with Gasteiger partial charge in [-0.15, -0.1) is 0 Å². The van der Waals surface area contributed by atoms with Gasteiger partial charge in [0, 0.05) is 0 Å². The minimum absolute atomic E-state index is 0.270. The smallest absolute Gasteiger partial charge is 0.276 e. The number of nitrogens with one attached hydrogen (secondary N) is 2. The van der Waals surface area contributed by atoms with Crippen molar-refractivity contribution < 1.29 is 23.8 Å². The van der Waals surface area contributed by atoms with Crippen molar-refractivity contribution in [3.05, 3.63) is 53.6 Å². The maximum Gasteiger partial charge on any atom is 0.276 e. The van der Waals surface area contributed by atoms with Crippen molar-refractivity contribution in [3.8, 4) is 17.2 Å². The molecule has 0 fully saturated rings. The van der Waals surface area contributed by atoms with Gasteiger partial charge in [0.05, 0.1) is 19.3 Å². The van der Waals surface area contributed by atoms with Crippen molar-refractivity contribution in [2.45, 2.75) is 20.3 Å². The number of methoxy groups -OCH3 is 1. The van der Waals surface area contributed by atoms with Crippen LogP contribution >= 0.6 is 0 Å². The number of hydrazine groups is 1. The van der Waals surface area contributed by atoms with Crippen LogP contribution in [-0.2, 0) is 4.79 Å². The summed E-state index contributed by atoms with van der Waals surface area (Å²) in [5, 5.41) is 0. The number of carbonyl (C=O) groups excluding carboxylic acids is 2. The van der Waals surface area contributed by atoms with Crippen LogP contribution in [0.4, 0.5) is 0 Å². The normalized spacial score (nSPS) is 10.0. The number of rotatable bonds is 8. The Balaban J connectivity index is 1.88. The van der Waals surface area contributed by atoms with E-state index >= 15 is 0 Å². The van der Waals surface area contributed by atoms with Gasteiger partial charge in [0.2, 0.25) is 0 Å². The van der Waals surface area contributed by atoms with Gasteiger partial charge in [-0.2, -0.15) is 0 Å². The lowest BCUT2D eigenvalue weighted by molar-refractivity contribution is -0.123. The lowest BCUT2D eigenvalue weighted by Crippen LogP contribution is -2.44. The number of amides is 2. The number of ether oxygens (including phenoxy) is 3. The molecule has 0 spiro atoms. The minimum Gasteiger partial charge on any atom is -0.493 e. The van der Waals surface area contributed by atoms with Gasteiger partial charge in [-0.3, -0.25) is 20.4 Å². The van der Waals surface area contributed by atoms with Gasteiger partial charge in [0.25, 0.3) is 11.8 Å². The van der Waals surface area contributed by atoms with Crippen molar-refractivity contribution in [2.24, 2.45) is 0 Å². The van der Waals surface area contributed by atoms with Crippen LogP contribution < -0.4 is 25.1 Å². The monoisotopic (exact) mass is 372 g/mol. The van der Waals surface area contributed by atoms with E-state index in [0.29, 0.717) is 29.4 Å². The Hall–Kier alpha value is -3.22. The molecule has 0 saturated carbocycles. The molecule has 2 rings (SSSR count). The molecule has 2 aromatic rings. The van der Waals surface area contributed by atoms with E-state index in [4.69, 9.17) is 14.2 Å². The zero-order valence-corrected chi connectivity index (χ0v) is 15.7. The van der Waals surface area contributed by atoms with Crippen molar-refractivity contribution in [2.75, 3.05) is 20.3 Å². The summed E-state index contributed by atoms with van der Waals surface area (Å²) < 4.78 is 16.2. The third-order valence-electron chi connectivity index (χ3n) is 3.59. The van der Waals surface area contributed by atoms with Gasteiger partial charge in [0.1, 0.15) is 5.75 Å². The van der Waals surface area contributed by atoms with Crippen molar-refractivity contribution >= 4 is 11.8 Å². The second-order valence-electron chi connectivity index (χ2n) is 5.79. The maximum absolute atomic E-state index is 12.3. The van der Waals surface area contributed by atoms with Gasteiger partial charge in [-0.05, 0) is 43.2 Å². The molecule has 0 aliphatic heterocycles. The summed E-state index contributed by atoms with van der Waals surface area (Å²) >= 11 is 0. The molecule has 0 unspecified atom stereocenters. The molecular weight excluding hydrogens is 348 g/mol. The highest BCUT2D eigenvalue weighted by Crippen LogP contribution is 2.27. The van der Waals surface area contributed by atoms with Crippen LogP contribution in [0.5, 0.6) is 17.2 Å². The lowest BCUT2D eigenvalue weighted by Gasteiger charge is -2.13. The summed E-state index contributed by atoms with van der Waals surface area (Å²) in [5.41, 5.74) is 6.04. The fourth-order valence-corrected chi connectivity index (χ4v) is 2.26. The number of aryl methyl sites for hydroxylation is 1. The van der Waals surface area contributed by atoms with Crippen LogP contribution in [0, 0.1) is 6.92 Å². The summed E-state index contributed by atoms with van der Waals surface area (Å²) in [7, 11) is 1.53. The molecule has 7 heteroatoms. The van der Waals surface area contributed by atoms with E-state index < -0.39 is 11.8 Å². The van der Waals surface area contributed by atoms with Gasteiger partial charge in [0.15, 0.2) is 18.1 Å². The van der Waals surface area contributed by atoms with E-state index in [9.17, 15) is 9.59 Å².